The zero-order valence-corrected chi connectivity index (χ0v) is 12.8. The van der Waals surface area contributed by atoms with Crippen LogP contribution in [0.3, 0.4) is 0 Å². The molecule has 0 saturated carbocycles. The minimum Gasteiger partial charge on any atom is -0.281 e. The number of nitrogens with zero attached hydrogens (tertiary/aromatic N) is 1. The molecule has 0 bridgehead atoms. The summed E-state index contributed by atoms with van der Waals surface area (Å²) in [6, 6.07) is 7.09. The number of pyridine rings is 1. The van der Waals surface area contributed by atoms with E-state index in [1.165, 1.54) is 12.1 Å². The number of rotatable bonds is 2. The number of hydrogen-bond acceptors (Lipinski definition) is 1. The topological polar surface area (TPSA) is 22.0 Å². The van der Waals surface area contributed by atoms with Gasteiger partial charge in [0.25, 0.3) is 5.56 Å². The standard InChI is InChI=1S/C17H11ClF3NO/c1-2-12-5-9-3-4-14(21)16(18)15(9)17(23)22(12)13-7-10(19)6-11(20)8-13/h3-8H,2H2,1H3. The van der Waals surface area contributed by atoms with Gasteiger partial charge < -0.3 is 0 Å². The highest BCUT2D eigenvalue weighted by Gasteiger charge is 2.16. The van der Waals surface area contributed by atoms with Crippen LogP contribution in [0.5, 0.6) is 0 Å². The van der Waals surface area contributed by atoms with Gasteiger partial charge in [0.15, 0.2) is 0 Å². The zero-order chi connectivity index (χ0) is 16.7. The van der Waals surface area contributed by atoms with Crippen LogP contribution in [-0.4, -0.2) is 4.57 Å². The van der Waals surface area contributed by atoms with Crippen LogP contribution in [0.2, 0.25) is 5.02 Å². The Morgan fingerprint density at radius 3 is 2.30 bits per heavy atom. The second kappa shape index (κ2) is 5.74. The molecule has 0 fully saturated rings. The average Bonchev–Trinajstić information content (AvgIpc) is 2.49. The van der Waals surface area contributed by atoms with Crippen molar-refractivity contribution in [3.8, 4) is 5.69 Å². The van der Waals surface area contributed by atoms with E-state index in [4.69, 9.17) is 11.6 Å². The molecule has 0 radical (unpaired) electrons. The molecule has 0 unspecified atom stereocenters. The molecule has 0 aliphatic rings. The fourth-order valence-corrected chi connectivity index (χ4v) is 2.85. The van der Waals surface area contributed by atoms with Gasteiger partial charge in [-0.3, -0.25) is 9.36 Å². The van der Waals surface area contributed by atoms with Gasteiger partial charge in [0.2, 0.25) is 0 Å². The third kappa shape index (κ3) is 2.61. The van der Waals surface area contributed by atoms with Gasteiger partial charge in [-0.15, -0.1) is 0 Å². The highest BCUT2D eigenvalue weighted by molar-refractivity contribution is 6.35. The summed E-state index contributed by atoms with van der Waals surface area (Å²) >= 11 is 5.91. The first kappa shape index (κ1) is 15.6. The summed E-state index contributed by atoms with van der Waals surface area (Å²) in [6.45, 7) is 1.80. The highest BCUT2D eigenvalue weighted by Crippen LogP contribution is 2.26. The number of halogens is 4. The second-order valence-corrected chi connectivity index (χ2v) is 5.46. The molecular weight excluding hydrogens is 327 g/mol. The Bertz CT molecular complexity index is 961. The van der Waals surface area contributed by atoms with E-state index in [0.717, 1.165) is 16.7 Å². The lowest BCUT2D eigenvalue weighted by Gasteiger charge is -2.14. The van der Waals surface area contributed by atoms with E-state index in [0.29, 0.717) is 23.6 Å². The molecule has 3 aromatic rings. The van der Waals surface area contributed by atoms with Crippen LogP contribution in [0.1, 0.15) is 12.6 Å². The van der Waals surface area contributed by atoms with Crippen LogP contribution < -0.4 is 5.56 Å². The summed E-state index contributed by atoms with van der Waals surface area (Å²) in [5.74, 6) is -2.34. The lowest BCUT2D eigenvalue weighted by molar-refractivity contribution is 0.580. The van der Waals surface area contributed by atoms with Crippen LogP contribution in [0.4, 0.5) is 13.2 Å². The third-order valence-electron chi connectivity index (χ3n) is 3.62. The second-order valence-electron chi connectivity index (χ2n) is 5.08. The van der Waals surface area contributed by atoms with Crippen molar-refractivity contribution in [2.75, 3.05) is 0 Å². The van der Waals surface area contributed by atoms with Crippen LogP contribution in [0.25, 0.3) is 16.5 Å². The quantitative estimate of drug-likeness (QED) is 0.668. The first-order valence-electron chi connectivity index (χ1n) is 6.91. The van der Waals surface area contributed by atoms with E-state index in [9.17, 15) is 18.0 Å². The van der Waals surface area contributed by atoms with Crippen LogP contribution >= 0.6 is 11.6 Å². The fraction of sp³-hybridized carbons (Fsp3) is 0.118. The molecule has 0 spiro atoms. The molecule has 0 aliphatic carbocycles. The molecule has 6 heteroatoms. The Balaban J connectivity index is 2.46. The van der Waals surface area contributed by atoms with Crippen molar-refractivity contribution < 1.29 is 13.2 Å². The molecule has 1 aromatic heterocycles. The molecule has 0 amide bonds. The fourth-order valence-electron chi connectivity index (χ4n) is 2.60. The summed E-state index contributed by atoms with van der Waals surface area (Å²) in [5, 5.41) is 0.153. The van der Waals surface area contributed by atoms with Gasteiger partial charge >= 0.3 is 0 Å². The van der Waals surface area contributed by atoms with Gasteiger partial charge in [0, 0.05) is 11.8 Å². The number of hydrogen-bond donors (Lipinski definition) is 0. The molecule has 23 heavy (non-hydrogen) atoms. The van der Waals surface area contributed by atoms with E-state index >= 15 is 0 Å². The third-order valence-corrected chi connectivity index (χ3v) is 3.99. The normalized spacial score (nSPS) is 11.2. The first-order valence-corrected chi connectivity index (χ1v) is 7.29. The maximum absolute atomic E-state index is 13.7. The van der Waals surface area contributed by atoms with Crippen molar-refractivity contribution in [3.63, 3.8) is 0 Å². The van der Waals surface area contributed by atoms with Crippen LogP contribution in [0.15, 0.2) is 41.2 Å². The molecule has 0 N–H and O–H groups in total. The molecule has 2 nitrogen and oxygen atoms in total. The van der Waals surface area contributed by atoms with Gasteiger partial charge in [-0.2, -0.15) is 0 Å². The van der Waals surface area contributed by atoms with Gasteiger partial charge in [-0.05, 0) is 36.1 Å². The first-order chi connectivity index (χ1) is 10.9. The van der Waals surface area contributed by atoms with Crippen molar-refractivity contribution in [2.24, 2.45) is 0 Å². The van der Waals surface area contributed by atoms with E-state index in [1.54, 1.807) is 13.0 Å². The van der Waals surface area contributed by atoms with E-state index in [2.05, 4.69) is 0 Å². The van der Waals surface area contributed by atoms with Gasteiger partial charge in [-0.1, -0.05) is 24.6 Å². The summed E-state index contributed by atoms with van der Waals surface area (Å²) in [7, 11) is 0. The SMILES string of the molecule is CCc1cc2ccc(F)c(Cl)c2c(=O)n1-c1cc(F)cc(F)c1. The Kier molecular flexibility index (Phi) is 3.90. The predicted octanol–water partition coefficient (Wildman–Crippen LogP) is 4.62. The Morgan fingerprint density at radius 2 is 1.70 bits per heavy atom. The summed E-state index contributed by atoms with van der Waals surface area (Å²) < 4.78 is 41.8. The molecule has 0 atom stereocenters. The van der Waals surface area contributed by atoms with Crippen molar-refractivity contribution in [2.45, 2.75) is 13.3 Å². The largest absolute Gasteiger partial charge is 0.281 e. The molecule has 2 aromatic carbocycles. The van der Waals surface area contributed by atoms with Gasteiger partial charge in [0.05, 0.1) is 16.1 Å². The van der Waals surface area contributed by atoms with Crippen molar-refractivity contribution >= 4 is 22.4 Å². The number of aryl methyl sites for hydroxylation is 1. The summed E-state index contributed by atoms with van der Waals surface area (Å²) in [6.07, 6.45) is 0.443. The Morgan fingerprint density at radius 1 is 1.04 bits per heavy atom. The van der Waals surface area contributed by atoms with Crippen LogP contribution in [0, 0.1) is 17.5 Å². The average molecular weight is 338 g/mol. The molecule has 1 heterocycles. The number of fused-ring (bicyclic) bond motifs is 1. The van der Waals surface area contributed by atoms with E-state index in [-0.39, 0.29) is 16.1 Å². The molecular formula is C17H11ClF3NO. The number of aromatic nitrogens is 1. The van der Waals surface area contributed by atoms with E-state index in [1.807, 2.05) is 0 Å². The predicted molar refractivity (Wildman–Crippen MR) is 83.8 cm³/mol. The maximum atomic E-state index is 13.7. The Labute approximate surface area is 134 Å². The molecule has 0 aliphatic heterocycles. The minimum atomic E-state index is -0.806. The summed E-state index contributed by atoms with van der Waals surface area (Å²) in [5.41, 5.74) is -0.0457. The lowest BCUT2D eigenvalue weighted by Crippen LogP contribution is -2.22. The van der Waals surface area contributed by atoms with Crippen molar-refractivity contribution in [1.82, 2.24) is 4.57 Å². The lowest BCUT2D eigenvalue weighted by atomic mass is 10.1. The van der Waals surface area contributed by atoms with E-state index < -0.39 is 23.0 Å². The molecule has 3 rings (SSSR count). The smallest absolute Gasteiger partial charge is 0.264 e. The summed E-state index contributed by atoms with van der Waals surface area (Å²) in [4.78, 5) is 12.8. The Hall–Kier alpha value is -2.27. The maximum Gasteiger partial charge on any atom is 0.264 e. The number of benzene rings is 2. The van der Waals surface area contributed by atoms with Crippen molar-refractivity contribution in [1.29, 1.82) is 0 Å². The van der Waals surface area contributed by atoms with Crippen LogP contribution in [-0.2, 0) is 6.42 Å². The minimum absolute atomic E-state index is 0.0199. The zero-order valence-electron chi connectivity index (χ0n) is 12.0. The van der Waals surface area contributed by atoms with Gasteiger partial charge in [0.1, 0.15) is 17.5 Å². The highest BCUT2D eigenvalue weighted by atomic mass is 35.5. The molecule has 0 saturated heterocycles. The van der Waals surface area contributed by atoms with Crippen molar-refractivity contribution in [3.05, 3.63) is 74.9 Å². The molecule has 118 valence electrons. The van der Waals surface area contributed by atoms with Gasteiger partial charge in [-0.25, -0.2) is 13.2 Å². The monoisotopic (exact) mass is 337 g/mol.